The lowest BCUT2D eigenvalue weighted by Crippen LogP contribution is -2.14. The quantitative estimate of drug-likeness (QED) is 0.688. The highest BCUT2D eigenvalue weighted by atomic mass is 16.3. The highest BCUT2D eigenvalue weighted by Crippen LogP contribution is 2.18. The average Bonchev–Trinajstić information content (AvgIpc) is 2.27. The second kappa shape index (κ2) is 4.06. The molecule has 2 rings (SSSR count). The third-order valence-electron chi connectivity index (χ3n) is 2.25. The van der Waals surface area contributed by atoms with E-state index < -0.39 is 5.56 Å². The first-order valence-electron chi connectivity index (χ1n) is 4.78. The van der Waals surface area contributed by atoms with Crippen molar-refractivity contribution in [3.63, 3.8) is 0 Å². The molecule has 5 nitrogen and oxygen atoms in total. The van der Waals surface area contributed by atoms with Gasteiger partial charge in [0.15, 0.2) is 0 Å². The monoisotopic (exact) mass is 217 g/mol. The molecule has 0 saturated carbocycles. The van der Waals surface area contributed by atoms with Gasteiger partial charge in [-0.15, -0.1) is 0 Å². The fourth-order valence-corrected chi connectivity index (χ4v) is 1.41. The molecular weight excluding hydrogens is 206 g/mol. The van der Waals surface area contributed by atoms with Gasteiger partial charge in [0.1, 0.15) is 11.4 Å². The molecule has 0 aliphatic carbocycles. The van der Waals surface area contributed by atoms with Crippen molar-refractivity contribution >= 4 is 5.69 Å². The van der Waals surface area contributed by atoms with Crippen molar-refractivity contribution in [3.05, 3.63) is 51.9 Å². The van der Waals surface area contributed by atoms with Crippen LogP contribution in [0, 0.1) is 0 Å². The zero-order chi connectivity index (χ0) is 11.5. The van der Waals surface area contributed by atoms with Gasteiger partial charge in [0.05, 0.1) is 5.69 Å². The molecule has 4 N–H and O–H groups in total. The third-order valence-corrected chi connectivity index (χ3v) is 2.25. The summed E-state index contributed by atoms with van der Waals surface area (Å²) in [6.45, 7) is 0. The predicted molar refractivity (Wildman–Crippen MR) is 60.2 cm³/mol. The molecule has 0 saturated heterocycles. The van der Waals surface area contributed by atoms with Gasteiger partial charge in [-0.2, -0.15) is 5.10 Å². The van der Waals surface area contributed by atoms with Crippen LogP contribution in [0.1, 0.15) is 11.3 Å². The van der Waals surface area contributed by atoms with E-state index >= 15 is 0 Å². The van der Waals surface area contributed by atoms with E-state index in [2.05, 4.69) is 10.2 Å². The van der Waals surface area contributed by atoms with Crippen LogP contribution in [-0.2, 0) is 6.42 Å². The van der Waals surface area contributed by atoms with Gasteiger partial charge in [0.25, 0.3) is 5.56 Å². The first-order valence-corrected chi connectivity index (χ1v) is 4.78. The smallest absolute Gasteiger partial charge is 0.287 e. The molecule has 5 heteroatoms. The second-order valence-corrected chi connectivity index (χ2v) is 3.45. The lowest BCUT2D eigenvalue weighted by Gasteiger charge is -2.03. The van der Waals surface area contributed by atoms with Crippen LogP contribution in [-0.4, -0.2) is 15.3 Å². The van der Waals surface area contributed by atoms with Gasteiger partial charge >= 0.3 is 0 Å². The summed E-state index contributed by atoms with van der Waals surface area (Å²) in [7, 11) is 0. The summed E-state index contributed by atoms with van der Waals surface area (Å²) < 4.78 is 0. The fraction of sp³-hybridized carbons (Fsp3) is 0.0909. The van der Waals surface area contributed by atoms with Gasteiger partial charge < -0.3 is 10.8 Å². The number of benzene rings is 1. The largest absolute Gasteiger partial charge is 0.508 e. The average molecular weight is 217 g/mol. The van der Waals surface area contributed by atoms with Crippen molar-refractivity contribution in [1.29, 1.82) is 0 Å². The molecule has 82 valence electrons. The van der Waals surface area contributed by atoms with Gasteiger partial charge in [-0.1, -0.05) is 18.2 Å². The molecule has 0 spiro atoms. The summed E-state index contributed by atoms with van der Waals surface area (Å²) in [6, 6.07) is 8.46. The summed E-state index contributed by atoms with van der Waals surface area (Å²) in [6.07, 6.45) is 0.424. The van der Waals surface area contributed by atoms with Crippen LogP contribution >= 0.6 is 0 Å². The van der Waals surface area contributed by atoms with E-state index in [4.69, 9.17) is 5.73 Å². The molecule has 2 aromatic rings. The standard InChI is InChI=1S/C11H11N3O2/c12-9-6-8(13-14-11(9)16)5-7-3-1-2-4-10(7)15/h1-4,6,15H,5H2,(H2,12,13)(H,14,16). The molecule has 0 bridgehead atoms. The number of nitrogens with two attached hydrogens (primary N) is 1. The summed E-state index contributed by atoms with van der Waals surface area (Å²) in [4.78, 5) is 11.0. The number of para-hydroxylation sites is 1. The number of hydrogen-bond donors (Lipinski definition) is 3. The normalized spacial score (nSPS) is 10.2. The predicted octanol–water partition coefficient (Wildman–Crippen LogP) is 0.648. The maximum absolute atomic E-state index is 11.0. The molecule has 0 unspecified atom stereocenters. The number of H-pyrrole nitrogens is 1. The number of hydrogen-bond acceptors (Lipinski definition) is 4. The van der Waals surface area contributed by atoms with Gasteiger partial charge in [0, 0.05) is 6.42 Å². The van der Waals surface area contributed by atoms with Crippen LogP contribution in [0.3, 0.4) is 0 Å². The van der Waals surface area contributed by atoms with Crippen LogP contribution < -0.4 is 11.3 Å². The molecule has 0 radical (unpaired) electrons. The molecule has 1 aromatic carbocycles. The van der Waals surface area contributed by atoms with E-state index in [0.717, 1.165) is 5.56 Å². The number of nitrogens with one attached hydrogen (secondary N) is 1. The number of phenols is 1. The summed E-state index contributed by atoms with van der Waals surface area (Å²) in [5.74, 6) is 0.203. The Morgan fingerprint density at radius 2 is 2.12 bits per heavy atom. The first-order chi connectivity index (χ1) is 7.66. The van der Waals surface area contributed by atoms with E-state index in [1.165, 1.54) is 6.07 Å². The van der Waals surface area contributed by atoms with E-state index in [1.807, 2.05) is 6.07 Å². The summed E-state index contributed by atoms with van der Waals surface area (Å²) in [5, 5.41) is 15.7. The van der Waals surface area contributed by atoms with Crippen LogP contribution in [0.15, 0.2) is 35.1 Å². The number of aromatic hydroxyl groups is 1. The summed E-state index contributed by atoms with van der Waals surface area (Å²) in [5.41, 5.74) is 6.54. The van der Waals surface area contributed by atoms with E-state index in [0.29, 0.717) is 12.1 Å². The molecule has 1 aromatic heterocycles. The maximum atomic E-state index is 11.0. The number of phenolic OH excluding ortho intramolecular Hbond substituents is 1. The minimum Gasteiger partial charge on any atom is -0.508 e. The van der Waals surface area contributed by atoms with Crippen LogP contribution in [0.4, 0.5) is 5.69 Å². The Kier molecular flexibility index (Phi) is 2.59. The molecule has 0 atom stereocenters. The SMILES string of the molecule is Nc1cc(Cc2ccccc2O)n[nH]c1=O. The van der Waals surface area contributed by atoms with Gasteiger partial charge in [-0.25, -0.2) is 5.10 Å². The molecular formula is C11H11N3O2. The van der Waals surface area contributed by atoms with Crippen LogP contribution in [0.5, 0.6) is 5.75 Å². The zero-order valence-electron chi connectivity index (χ0n) is 8.47. The van der Waals surface area contributed by atoms with Crippen molar-refractivity contribution in [1.82, 2.24) is 10.2 Å². The molecule has 1 heterocycles. The first kappa shape index (κ1) is 10.2. The minimum absolute atomic E-state index is 0.125. The Labute approximate surface area is 91.6 Å². The van der Waals surface area contributed by atoms with Crippen molar-refractivity contribution in [2.24, 2.45) is 0 Å². The topological polar surface area (TPSA) is 92.0 Å². The highest BCUT2D eigenvalue weighted by molar-refractivity contribution is 5.39. The van der Waals surface area contributed by atoms with E-state index in [9.17, 15) is 9.90 Å². The molecule has 0 aliphatic rings. The van der Waals surface area contributed by atoms with Crippen molar-refractivity contribution in [2.45, 2.75) is 6.42 Å². The number of nitrogen functional groups attached to an aromatic ring is 1. The van der Waals surface area contributed by atoms with Crippen LogP contribution in [0.25, 0.3) is 0 Å². The van der Waals surface area contributed by atoms with Crippen molar-refractivity contribution in [3.8, 4) is 5.75 Å². The minimum atomic E-state index is -0.402. The lowest BCUT2D eigenvalue weighted by atomic mass is 10.1. The van der Waals surface area contributed by atoms with Crippen molar-refractivity contribution < 1.29 is 5.11 Å². The Morgan fingerprint density at radius 1 is 1.38 bits per heavy atom. The highest BCUT2D eigenvalue weighted by Gasteiger charge is 2.04. The molecule has 0 fully saturated rings. The molecule has 0 amide bonds. The Hall–Kier alpha value is -2.30. The third kappa shape index (κ3) is 2.03. The molecule has 0 aliphatic heterocycles. The number of aromatic amines is 1. The zero-order valence-corrected chi connectivity index (χ0v) is 8.47. The van der Waals surface area contributed by atoms with E-state index in [1.54, 1.807) is 18.2 Å². The molecule has 16 heavy (non-hydrogen) atoms. The second-order valence-electron chi connectivity index (χ2n) is 3.45. The van der Waals surface area contributed by atoms with Gasteiger partial charge in [-0.05, 0) is 17.7 Å². The summed E-state index contributed by atoms with van der Waals surface area (Å²) >= 11 is 0. The Morgan fingerprint density at radius 3 is 2.81 bits per heavy atom. The Balaban J connectivity index is 2.31. The van der Waals surface area contributed by atoms with Crippen LogP contribution in [0.2, 0.25) is 0 Å². The fourth-order valence-electron chi connectivity index (χ4n) is 1.41. The number of rotatable bonds is 2. The number of anilines is 1. The lowest BCUT2D eigenvalue weighted by molar-refractivity contribution is 0.469. The van der Waals surface area contributed by atoms with E-state index in [-0.39, 0.29) is 11.4 Å². The number of aromatic nitrogens is 2. The Bertz CT molecular complexity index is 563. The maximum Gasteiger partial charge on any atom is 0.287 e. The van der Waals surface area contributed by atoms with Crippen molar-refractivity contribution in [2.75, 3.05) is 5.73 Å². The van der Waals surface area contributed by atoms with Gasteiger partial charge in [0.2, 0.25) is 0 Å². The van der Waals surface area contributed by atoms with Gasteiger partial charge in [-0.3, -0.25) is 4.79 Å². The number of nitrogens with zero attached hydrogens (tertiary/aromatic N) is 1.